The minimum Gasteiger partial charge on any atom is -0.382 e. The normalized spacial score (nSPS) is 13.5. The van der Waals surface area contributed by atoms with Gasteiger partial charge in [0.25, 0.3) is 0 Å². The molecule has 0 bridgehead atoms. The van der Waals surface area contributed by atoms with Crippen molar-refractivity contribution in [3.63, 3.8) is 0 Å². The smallest absolute Gasteiger partial charge is 0.128 e. The Morgan fingerprint density at radius 3 is 2.53 bits per heavy atom. The minimum atomic E-state index is -0.234. The summed E-state index contributed by atoms with van der Waals surface area (Å²) in [5.74, 6) is -0.234. The van der Waals surface area contributed by atoms with Gasteiger partial charge in [-0.05, 0) is 26.8 Å². The Balaban J connectivity index is 2.47. The standard InChI is InChI=1S/C15H24FNO2/c1-15(2,3)17-9-13(11-18-4)19-10-12-7-5-6-8-14(12)16/h5-8,13,17H,9-11H2,1-4H3. The molecule has 1 atom stereocenters. The quantitative estimate of drug-likeness (QED) is 0.825. The van der Waals surface area contributed by atoms with Crippen LogP contribution >= 0.6 is 0 Å². The average Bonchev–Trinajstić information content (AvgIpc) is 2.33. The van der Waals surface area contributed by atoms with Gasteiger partial charge in [-0.3, -0.25) is 0 Å². The van der Waals surface area contributed by atoms with E-state index in [1.54, 1.807) is 25.3 Å². The van der Waals surface area contributed by atoms with Crippen molar-refractivity contribution < 1.29 is 13.9 Å². The molecular weight excluding hydrogens is 245 g/mol. The van der Waals surface area contributed by atoms with Crippen LogP contribution < -0.4 is 5.32 Å². The molecule has 1 unspecified atom stereocenters. The second kappa shape index (κ2) is 7.58. The molecule has 19 heavy (non-hydrogen) atoms. The van der Waals surface area contributed by atoms with Crippen molar-refractivity contribution in [2.75, 3.05) is 20.3 Å². The summed E-state index contributed by atoms with van der Waals surface area (Å²) in [6, 6.07) is 6.65. The predicted octanol–water partition coefficient (Wildman–Crippen LogP) is 2.75. The van der Waals surface area contributed by atoms with Gasteiger partial charge in [-0.15, -0.1) is 0 Å². The summed E-state index contributed by atoms with van der Waals surface area (Å²) in [7, 11) is 1.64. The third kappa shape index (κ3) is 6.66. The Hall–Kier alpha value is -0.970. The predicted molar refractivity (Wildman–Crippen MR) is 74.6 cm³/mol. The summed E-state index contributed by atoms with van der Waals surface area (Å²) in [5, 5.41) is 3.36. The van der Waals surface area contributed by atoms with Crippen molar-refractivity contribution in [3.8, 4) is 0 Å². The first-order chi connectivity index (χ1) is 8.92. The van der Waals surface area contributed by atoms with Crippen LogP contribution in [0.5, 0.6) is 0 Å². The largest absolute Gasteiger partial charge is 0.382 e. The lowest BCUT2D eigenvalue weighted by Crippen LogP contribution is -2.43. The molecule has 1 N–H and O–H groups in total. The van der Waals surface area contributed by atoms with Gasteiger partial charge < -0.3 is 14.8 Å². The van der Waals surface area contributed by atoms with Crippen LogP contribution in [-0.4, -0.2) is 31.9 Å². The van der Waals surface area contributed by atoms with Crippen molar-refractivity contribution in [1.29, 1.82) is 0 Å². The second-order valence-corrected chi connectivity index (χ2v) is 5.61. The maximum absolute atomic E-state index is 13.5. The first-order valence-electron chi connectivity index (χ1n) is 6.51. The van der Waals surface area contributed by atoms with Crippen LogP contribution in [0.2, 0.25) is 0 Å². The number of nitrogens with one attached hydrogen (secondary N) is 1. The third-order valence-corrected chi connectivity index (χ3v) is 2.64. The van der Waals surface area contributed by atoms with E-state index in [4.69, 9.17) is 9.47 Å². The van der Waals surface area contributed by atoms with Crippen molar-refractivity contribution in [1.82, 2.24) is 5.32 Å². The topological polar surface area (TPSA) is 30.5 Å². The molecule has 0 saturated carbocycles. The number of halogens is 1. The van der Waals surface area contributed by atoms with E-state index < -0.39 is 0 Å². The fourth-order valence-electron chi connectivity index (χ4n) is 1.59. The van der Waals surface area contributed by atoms with Gasteiger partial charge in [0.15, 0.2) is 0 Å². The van der Waals surface area contributed by atoms with Crippen LogP contribution in [0.25, 0.3) is 0 Å². The van der Waals surface area contributed by atoms with E-state index in [0.717, 1.165) is 0 Å². The zero-order chi connectivity index (χ0) is 14.3. The van der Waals surface area contributed by atoms with Crippen LogP contribution in [0.1, 0.15) is 26.3 Å². The molecule has 3 nitrogen and oxygen atoms in total. The lowest BCUT2D eigenvalue weighted by molar-refractivity contribution is -0.0137. The van der Waals surface area contributed by atoms with Gasteiger partial charge in [0, 0.05) is 24.8 Å². The lowest BCUT2D eigenvalue weighted by Gasteiger charge is -2.25. The molecule has 0 aliphatic heterocycles. The van der Waals surface area contributed by atoms with Gasteiger partial charge in [0.05, 0.1) is 19.3 Å². The highest BCUT2D eigenvalue weighted by Crippen LogP contribution is 2.09. The maximum atomic E-state index is 13.5. The van der Waals surface area contributed by atoms with E-state index in [0.29, 0.717) is 18.7 Å². The lowest BCUT2D eigenvalue weighted by atomic mass is 10.1. The molecule has 0 spiro atoms. The SMILES string of the molecule is COCC(CNC(C)(C)C)OCc1ccccc1F. The number of methoxy groups -OCH3 is 1. The molecule has 1 aromatic rings. The zero-order valence-electron chi connectivity index (χ0n) is 12.2. The van der Waals surface area contributed by atoms with Gasteiger partial charge >= 0.3 is 0 Å². The molecule has 1 aromatic carbocycles. The van der Waals surface area contributed by atoms with Crippen LogP contribution in [0.4, 0.5) is 4.39 Å². The Labute approximate surface area is 115 Å². The van der Waals surface area contributed by atoms with E-state index in [-0.39, 0.29) is 24.1 Å². The first kappa shape index (κ1) is 16.1. The first-order valence-corrected chi connectivity index (χ1v) is 6.51. The zero-order valence-corrected chi connectivity index (χ0v) is 12.2. The monoisotopic (exact) mass is 269 g/mol. The van der Waals surface area contributed by atoms with Gasteiger partial charge in [0.2, 0.25) is 0 Å². The van der Waals surface area contributed by atoms with Crippen LogP contribution in [-0.2, 0) is 16.1 Å². The molecule has 1 rings (SSSR count). The van der Waals surface area contributed by atoms with Gasteiger partial charge in [-0.2, -0.15) is 0 Å². The fraction of sp³-hybridized carbons (Fsp3) is 0.600. The van der Waals surface area contributed by atoms with Crippen molar-refractivity contribution in [2.45, 2.75) is 39.0 Å². The van der Waals surface area contributed by atoms with Gasteiger partial charge in [0.1, 0.15) is 5.82 Å². The van der Waals surface area contributed by atoms with Gasteiger partial charge in [-0.25, -0.2) is 4.39 Å². The van der Waals surface area contributed by atoms with E-state index in [9.17, 15) is 4.39 Å². The van der Waals surface area contributed by atoms with Gasteiger partial charge in [-0.1, -0.05) is 18.2 Å². The highest BCUT2D eigenvalue weighted by molar-refractivity contribution is 5.16. The summed E-state index contributed by atoms with van der Waals surface area (Å²) in [6.07, 6.45) is -0.0937. The molecule has 0 aliphatic carbocycles. The molecule has 108 valence electrons. The van der Waals surface area contributed by atoms with Crippen LogP contribution in [0.15, 0.2) is 24.3 Å². The number of hydrogen-bond acceptors (Lipinski definition) is 3. The Bertz CT molecular complexity index is 377. The van der Waals surface area contributed by atoms with E-state index in [1.807, 2.05) is 0 Å². The highest BCUT2D eigenvalue weighted by Gasteiger charge is 2.15. The van der Waals surface area contributed by atoms with E-state index >= 15 is 0 Å². The Morgan fingerprint density at radius 2 is 1.95 bits per heavy atom. The number of ether oxygens (including phenoxy) is 2. The number of hydrogen-bond donors (Lipinski definition) is 1. The summed E-state index contributed by atoms with van der Waals surface area (Å²) in [4.78, 5) is 0. The molecule has 0 fully saturated rings. The van der Waals surface area contributed by atoms with Crippen molar-refractivity contribution in [3.05, 3.63) is 35.6 Å². The summed E-state index contributed by atoms with van der Waals surface area (Å²) in [5.41, 5.74) is 0.590. The summed E-state index contributed by atoms with van der Waals surface area (Å²) in [6.45, 7) is 7.69. The van der Waals surface area contributed by atoms with Crippen LogP contribution in [0.3, 0.4) is 0 Å². The summed E-state index contributed by atoms with van der Waals surface area (Å²) >= 11 is 0. The molecule has 4 heteroatoms. The maximum Gasteiger partial charge on any atom is 0.128 e. The minimum absolute atomic E-state index is 0.0212. The Morgan fingerprint density at radius 1 is 1.26 bits per heavy atom. The number of rotatable bonds is 7. The molecule has 0 amide bonds. The molecule has 0 heterocycles. The van der Waals surface area contributed by atoms with E-state index in [2.05, 4.69) is 26.1 Å². The second-order valence-electron chi connectivity index (χ2n) is 5.61. The molecule has 0 aromatic heterocycles. The molecule has 0 radical (unpaired) electrons. The molecule has 0 aliphatic rings. The van der Waals surface area contributed by atoms with Crippen molar-refractivity contribution >= 4 is 0 Å². The third-order valence-electron chi connectivity index (χ3n) is 2.64. The van der Waals surface area contributed by atoms with Crippen LogP contribution in [0, 0.1) is 5.82 Å². The van der Waals surface area contributed by atoms with E-state index in [1.165, 1.54) is 6.07 Å². The van der Waals surface area contributed by atoms with Crippen molar-refractivity contribution in [2.24, 2.45) is 0 Å². The highest BCUT2D eigenvalue weighted by atomic mass is 19.1. The number of benzene rings is 1. The average molecular weight is 269 g/mol. The molecule has 0 saturated heterocycles. The summed E-state index contributed by atoms with van der Waals surface area (Å²) < 4.78 is 24.3. The fourth-order valence-corrected chi connectivity index (χ4v) is 1.59. The Kier molecular flexibility index (Phi) is 6.42. The molecular formula is C15H24FNO2.